The van der Waals surface area contributed by atoms with Gasteiger partial charge in [0.05, 0.1) is 0 Å². The van der Waals surface area contributed by atoms with Gasteiger partial charge in [-0.2, -0.15) is 0 Å². The van der Waals surface area contributed by atoms with Crippen molar-refractivity contribution in [1.82, 2.24) is 0 Å². The minimum absolute atomic E-state index is 0.259. The first-order valence-corrected chi connectivity index (χ1v) is 14.0. The molecule has 0 saturated carbocycles. The smallest absolute Gasteiger partial charge is 0.399 e. The number of benzene rings is 4. The Labute approximate surface area is 225 Å². The molecular weight excluding hydrogens is 487 g/mol. The lowest BCUT2D eigenvalue weighted by Gasteiger charge is -2.31. The molecule has 3 nitrogen and oxygen atoms in total. The van der Waals surface area contributed by atoms with E-state index in [1.807, 2.05) is 54.6 Å². The minimum Gasteiger partial charge on any atom is -0.425 e. The minimum atomic E-state index is -1.72. The van der Waals surface area contributed by atoms with Crippen molar-refractivity contribution < 1.29 is 13.6 Å². The Morgan fingerprint density at radius 3 is 2.05 bits per heavy atom. The first-order valence-electron chi connectivity index (χ1n) is 12.9. The second-order valence-electron chi connectivity index (χ2n) is 9.36. The van der Waals surface area contributed by atoms with Crippen molar-refractivity contribution in [3.05, 3.63) is 156 Å². The maximum Gasteiger partial charge on any atom is 0.399 e. The first kappa shape index (κ1) is 24.6. The molecule has 0 bridgehead atoms. The molecular formula is C34H29O3P. The highest BCUT2D eigenvalue weighted by Crippen LogP contribution is 2.61. The summed E-state index contributed by atoms with van der Waals surface area (Å²) in [6.07, 6.45) is 11.3. The zero-order valence-corrected chi connectivity index (χ0v) is 22.1. The van der Waals surface area contributed by atoms with Gasteiger partial charge in [0.25, 0.3) is 0 Å². The van der Waals surface area contributed by atoms with E-state index in [1.165, 1.54) is 0 Å². The third-order valence-electron chi connectivity index (χ3n) is 7.00. The average Bonchev–Trinajstić information content (AvgIpc) is 3.12. The fraction of sp³-hybridized carbons (Fsp3) is 0.118. The van der Waals surface area contributed by atoms with Gasteiger partial charge in [-0.15, -0.1) is 0 Å². The molecule has 1 fully saturated rings. The lowest BCUT2D eigenvalue weighted by Crippen LogP contribution is -2.36. The zero-order chi connectivity index (χ0) is 25.8. The van der Waals surface area contributed by atoms with E-state index in [-0.39, 0.29) is 6.10 Å². The highest BCUT2D eigenvalue weighted by Gasteiger charge is 2.53. The van der Waals surface area contributed by atoms with Gasteiger partial charge >= 0.3 is 8.60 Å². The third-order valence-corrected chi connectivity index (χ3v) is 8.26. The maximum atomic E-state index is 6.86. The SMILES string of the molecule is C[C@@H]1OP(Oc2c(C3=CC=CCC=C3)cccc2-c2ccccc2)OC1(c1ccccc1)c1ccccc1. The molecule has 2 atom stereocenters. The molecule has 0 spiro atoms. The van der Waals surface area contributed by atoms with Gasteiger partial charge in [-0.05, 0) is 35.6 Å². The van der Waals surface area contributed by atoms with Crippen molar-refractivity contribution >= 4 is 14.2 Å². The summed E-state index contributed by atoms with van der Waals surface area (Å²) in [5.41, 5.74) is 5.49. The average molecular weight is 517 g/mol. The van der Waals surface area contributed by atoms with Crippen LogP contribution in [0, 0.1) is 0 Å². The number of rotatable bonds is 6. The predicted molar refractivity (Wildman–Crippen MR) is 156 cm³/mol. The van der Waals surface area contributed by atoms with Gasteiger partial charge in [-0.25, -0.2) is 0 Å². The van der Waals surface area contributed by atoms with Crippen molar-refractivity contribution in [3.63, 3.8) is 0 Å². The third kappa shape index (κ3) is 4.66. The van der Waals surface area contributed by atoms with Gasteiger partial charge < -0.3 is 4.52 Å². The molecule has 1 aliphatic carbocycles. The van der Waals surface area contributed by atoms with E-state index in [1.54, 1.807) is 0 Å². The molecule has 1 heterocycles. The van der Waals surface area contributed by atoms with Crippen LogP contribution in [0.1, 0.15) is 30.0 Å². The van der Waals surface area contributed by atoms with E-state index in [9.17, 15) is 0 Å². The van der Waals surface area contributed by atoms with E-state index in [0.29, 0.717) is 0 Å². The molecule has 0 amide bonds. The Morgan fingerprint density at radius 1 is 0.737 bits per heavy atom. The number of para-hydroxylation sites is 1. The van der Waals surface area contributed by atoms with Crippen LogP contribution >= 0.6 is 8.60 Å². The molecule has 2 aliphatic rings. The molecule has 4 heteroatoms. The van der Waals surface area contributed by atoms with Gasteiger partial charge in [0.2, 0.25) is 0 Å². The molecule has 4 aromatic rings. The maximum absolute atomic E-state index is 6.86. The zero-order valence-electron chi connectivity index (χ0n) is 21.2. The van der Waals surface area contributed by atoms with Crippen molar-refractivity contribution in [2.24, 2.45) is 0 Å². The first-order chi connectivity index (χ1) is 18.8. The van der Waals surface area contributed by atoms with Crippen LogP contribution < -0.4 is 4.52 Å². The Kier molecular flexibility index (Phi) is 7.07. The Morgan fingerprint density at radius 2 is 1.37 bits per heavy atom. The van der Waals surface area contributed by atoms with Crippen LogP contribution in [-0.4, -0.2) is 6.10 Å². The summed E-state index contributed by atoms with van der Waals surface area (Å²) in [5, 5.41) is 0. The molecule has 0 aromatic heterocycles. The fourth-order valence-electron chi connectivity index (χ4n) is 5.11. The van der Waals surface area contributed by atoms with E-state index >= 15 is 0 Å². The second kappa shape index (κ2) is 10.9. The summed E-state index contributed by atoms with van der Waals surface area (Å²) in [7, 11) is -1.72. The second-order valence-corrected chi connectivity index (χ2v) is 10.4. The molecule has 4 aromatic carbocycles. The summed E-state index contributed by atoms with van der Waals surface area (Å²) in [6.45, 7) is 2.07. The van der Waals surface area contributed by atoms with Crippen molar-refractivity contribution in [3.8, 4) is 16.9 Å². The molecule has 0 radical (unpaired) electrons. The number of hydrogen-bond donors (Lipinski definition) is 0. The van der Waals surface area contributed by atoms with E-state index in [4.69, 9.17) is 13.6 Å². The Hall–Kier alpha value is -3.75. The predicted octanol–water partition coefficient (Wildman–Crippen LogP) is 9.24. The summed E-state index contributed by atoms with van der Waals surface area (Å²) in [4.78, 5) is 0. The van der Waals surface area contributed by atoms with Crippen LogP contribution in [-0.2, 0) is 14.6 Å². The number of hydrogen-bond acceptors (Lipinski definition) is 3. The van der Waals surface area contributed by atoms with E-state index in [0.717, 1.165) is 45.6 Å². The van der Waals surface area contributed by atoms with Crippen LogP contribution in [0.2, 0.25) is 0 Å². The monoisotopic (exact) mass is 516 g/mol. The molecule has 6 rings (SSSR count). The van der Waals surface area contributed by atoms with Gasteiger partial charge in [-0.1, -0.05) is 140 Å². The van der Waals surface area contributed by atoms with Gasteiger partial charge in [0, 0.05) is 11.1 Å². The van der Waals surface area contributed by atoms with Crippen molar-refractivity contribution in [2.45, 2.75) is 25.0 Å². The largest absolute Gasteiger partial charge is 0.425 e. The van der Waals surface area contributed by atoms with Crippen LogP contribution in [0.15, 0.2) is 140 Å². The molecule has 1 unspecified atom stereocenters. The summed E-state index contributed by atoms with van der Waals surface area (Å²) < 4.78 is 20.2. The quantitative estimate of drug-likeness (QED) is 0.239. The molecule has 1 aliphatic heterocycles. The highest BCUT2D eigenvalue weighted by atomic mass is 31.2. The Balaban J connectivity index is 1.44. The topological polar surface area (TPSA) is 27.7 Å². The van der Waals surface area contributed by atoms with Crippen LogP contribution in [0.25, 0.3) is 16.7 Å². The lowest BCUT2D eigenvalue weighted by molar-refractivity contribution is 0.0850. The fourth-order valence-corrected chi connectivity index (χ4v) is 6.58. The molecule has 1 saturated heterocycles. The molecule has 0 N–H and O–H groups in total. The highest BCUT2D eigenvalue weighted by molar-refractivity contribution is 7.42. The lowest BCUT2D eigenvalue weighted by atomic mass is 9.82. The van der Waals surface area contributed by atoms with Gasteiger partial charge in [-0.3, -0.25) is 9.05 Å². The van der Waals surface area contributed by atoms with Crippen LogP contribution in [0.4, 0.5) is 0 Å². The van der Waals surface area contributed by atoms with E-state index < -0.39 is 14.2 Å². The molecule has 188 valence electrons. The Bertz CT molecular complexity index is 1440. The van der Waals surface area contributed by atoms with Crippen molar-refractivity contribution in [1.29, 1.82) is 0 Å². The summed E-state index contributed by atoms with van der Waals surface area (Å²) in [5.74, 6) is 0.764. The standard InChI is InChI=1S/C34H29O3P/c1-26-34(29-20-11-5-12-21-29,30-22-13-6-14-23-30)37-38(35-26)36-33-31(27-16-7-2-3-8-17-27)24-15-25-32(33)28-18-9-4-10-19-28/h2,4-26H,3H2,1H3/t26-,38?/m0/s1. The van der Waals surface area contributed by atoms with Crippen molar-refractivity contribution in [2.75, 3.05) is 0 Å². The number of allylic oxidation sites excluding steroid dienone is 6. The normalized spacial score (nSPS) is 20.1. The van der Waals surface area contributed by atoms with Gasteiger partial charge in [0.1, 0.15) is 11.9 Å². The molecule has 38 heavy (non-hydrogen) atoms. The van der Waals surface area contributed by atoms with Crippen LogP contribution in [0.5, 0.6) is 5.75 Å². The van der Waals surface area contributed by atoms with Crippen LogP contribution in [0.3, 0.4) is 0 Å². The summed E-state index contributed by atoms with van der Waals surface area (Å²) >= 11 is 0. The van der Waals surface area contributed by atoms with Gasteiger partial charge in [0.15, 0.2) is 5.60 Å². The van der Waals surface area contributed by atoms with E-state index in [2.05, 4.69) is 91.9 Å². The summed E-state index contributed by atoms with van der Waals surface area (Å²) in [6, 6.07) is 37.2.